The molecule has 2 aromatic rings. The fourth-order valence-corrected chi connectivity index (χ4v) is 4.40. The molecule has 1 fully saturated rings. The second-order valence-corrected chi connectivity index (χ2v) is 8.21. The van der Waals surface area contributed by atoms with E-state index in [2.05, 4.69) is 9.97 Å². The first-order valence-corrected chi connectivity index (χ1v) is 9.63. The van der Waals surface area contributed by atoms with E-state index in [-0.39, 0.29) is 24.0 Å². The van der Waals surface area contributed by atoms with Gasteiger partial charge in [-0.25, -0.2) is 27.6 Å². The number of rotatable bonds is 5. The van der Waals surface area contributed by atoms with Crippen molar-refractivity contribution in [1.82, 2.24) is 14.3 Å². The molecule has 1 aliphatic heterocycles. The second kappa shape index (κ2) is 7.20. The Morgan fingerprint density at radius 2 is 1.93 bits per heavy atom. The zero-order chi connectivity index (χ0) is 19.8. The van der Waals surface area contributed by atoms with Gasteiger partial charge in [-0.05, 0) is 44.5 Å². The molecule has 1 atom stereocenters. The average molecular weight is 395 g/mol. The third-order valence-electron chi connectivity index (χ3n) is 4.15. The van der Waals surface area contributed by atoms with Gasteiger partial charge in [0.2, 0.25) is 10.0 Å². The van der Waals surface area contributed by atoms with Crippen LogP contribution in [0.5, 0.6) is 6.01 Å². The Labute approximate surface area is 155 Å². The fraction of sp³-hybridized carbons (Fsp3) is 0.353. The number of benzene rings is 1. The minimum atomic E-state index is -3.97. The molecular formula is C17H18FN3O5S. The summed E-state index contributed by atoms with van der Waals surface area (Å²) in [6.07, 6.45) is 0.00288. The molecule has 1 aromatic heterocycles. The van der Waals surface area contributed by atoms with Crippen molar-refractivity contribution in [2.45, 2.75) is 31.3 Å². The first-order valence-electron chi connectivity index (χ1n) is 8.19. The number of carboxylic acids is 1. The van der Waals surface area contributed by atoms with Crippen LogP contribution < -0.4 is 4.74 Å². The molecule has 0 amide bonds. The molecule has 0 spiro atoms. The second-order valence-electron chi connectivity index (χ2n) is 6.27. The summed E-state index contributed by atoms with van der Waals surface area (Å²) in [6.45, 7) is 3.87. The van der Waals surface area contributed by atoms with Crippen molar-refractivity contribution in [3.05, 3.63) is 47.0 Å². The summed E-state index contributed by atoms with van der Waals surface area (Å²) in [5.74, 6) is -2.52. The summed E-state index contributed by atoms with van der Waals surface area (Å²) < 4.78 is 45.9. The number of carboxylic acid groups (broad SMARTS) is 1. The first-order chi connectivity index (χ1) is 12.7. The third-order valence-corrected chi connectivity index (χ3v) is 6.01. The summed E-state index contributed by atoms with van der Waals surface area (Å²) in [5.41, 5.74) is 0.798. The summed E-state index contributed by atoms with van der Waals surface area (Å²) in [4.78, 5) is 19.1. The predicted octanol–water partition coefficient (Wildman–Crippen LogP) is 1.77. The average Bonchev–Trinajstić information content (AvgIpc) is 3.03. The van der Waals surface area contributed by atoms with Crippen molar-refractivity contribution in [3.63, 3.8) is 0 Å². The number of aromatic carboxylic acids is 1. The van der Waals surface area contributed by atoms with Gasteiger partial charge in [0.05, 0.1) is 17.0 Å². The highest BCUT2D eigenvalue weighted by Gasteiger charge is 2.34. The van der Waals surface area contributed by atoms with Gasteiger partial charge in [0.15, 0.2) is 0 Å². The van der Waals surface area contributed by atoms with Crippen molar-refractivity contribution >= 4 is 16.0 Å². The van der Waals surface area contributed by atoms with E-state index in [1.54, 1.807) is 6.07 Å². The van der Waals surface area contributed by atoms with Crippen LogP contribution in [0.1, 0.15) is 28.2 Å². The van der Waals surface area contributed by atoms with Gasteiger partial charge in [-0.2, -0.15) is 4.31 Å². The van der Waals surface area contributed by atoms with Crippen LogP contribution in [0.25, 0.3) is 0 Å². The number of halogens is 1. The number of aromatic nitrogens is 2. The molecule has 3 rings (SSSR count). The quantitative estimate of drug-likeness (QED) is 0.822. The summed E-state index contributed by atoms with van der Waals surface area (Å²) in [5, 5.41) is 8.99. The van der Waals surface area contributed by atoms with Crippen LogP contribution in [0, 0.1) is 19.7 Å². The molecule has 27 heavy (non-hydrogen) atoms. The van der Waals surface area contributed by atoms with Gasteiger partial charge in [-0.1, -0.05) is 0 Å². The molecule has 10 heteroatoms. The number of hydrogen-bond donors (Lipinski definition) is 1. The van der Waals surface area contributed by atoms with Crippen LogP contribution in [0.2, 0.25) is 0 Å². The maximum absolute atomic E-state index is 13.5. The number of hydrogen-bond acceptors (Lipinski definition) is 6. The molecule has 1 aromatic carbocycles. The van der Waals surface area contributed by atoms with Crippen LogP contribution in [0.3, 0.4) is 0 Å². The van der Waals surface area contributed by atoms with E-state index in [0.29, 0.717) is 6.42 Å². The van der Waals surface area contributed by atoms with Crippen molar-refractivity contribution < 1.29 is 27.4 Å². The molecule has 144 valence electrons. The smallest absolute Gasteiger partial charge is 0.338 e. The van der Waals surface area contributed by atoms with Gasteiger partial charge in [0.1, 0.15) is 11.9 Å². The fourth-order valence-electron chi connectivity index (χ4n) is 2.89. The van der Waals surface area contributed by atoms with Gasteiger partial charge in [0.25, 0.3) is 0 Å². The van der Waals surface area contributed by atoms with Crippen LogP contribution in [0.15, 0.2) is 29.2 Å². The van der Waals surface area contributed by atoms with Crippen LogP contribution in [-0.2, 0) is 10.0 Å². The van der Waals surface area contributed by atoms with Crippen LogP contribution >= 0.6 is 0 Å². The lowest BCUT2D eigenvalue weighted by Crippen LogP contribution is -2.31. The van der Waals surface area contributed by atoms with Gasteiger partial charge in [-0.15, -0.1) is 0 Å². The van der Waals surface area contributed by atoms with Gasteiger partial charge in [0, 0.05) is 17.9 Å². The van der Waals surface area contributed by atoms with Crippen molar-refractivity contribution in [2.24, 2.45) is 0 Å². The molecule has 0 bridgehead atoms. The van der Waals surface area contributed by atoms with Crippen LogP contribution in [0.4, 0.5) is 4.39 Å². The Morgan fingerprint density at radius 1 is 1.26 bits per heavy atom. The molecule has 0 saturated carbocycles. The molecule has 1 aliphatic rings. The Kier molecular flexibility index (Phi) is 5.11. The van der Waals surface area contributed by atoms with Crippen molar-refractivity contribution in [3.8, 4) is 6.01 Å². The number of aryl methyl sites for hydroxylation is 2. The van der Waals surface area contributed by atoms with E-state index in [0.717, 1.165) is 29.6 Å². The number of carbonyl (C=O) groups is 1. The Bertz CT molecular complexity index is 976. The van der Waals surface area contributed by atoms with Crippen molar-refractivity contribution in [1.29, 1.82) is 0 Å². The SMILES string of the molecule is Cc1cc(C)nc(O[C@H]2CCN(S(=O)(=O)c3ccc(F)c(C(=O)O)c3)C2)n1. The predicted molar refractivity (Wildman–Crippen MR) is 92.7 cm³/mol. The topological polar surface area (TPSA) is 110 Å². The molecule has 8 nitrogen and oxygen atoms in total. The Hall–Kier alpha value is -2.59. The van der Waals surface area contributed by atoms with E-state index in [1.165, 1.54) is 4.31 Å². The van der Waals surface area contributed by atoms with Gasteiger partial charge < -0.3 is 9.84 Å². The minimum absolute atomic E-state index is 0.0679. The molecule has 2 heterocycles. The van der Waals surface area contributed by atoms with Crippen LogP contribution in [-0.4, -0.2) is 53.0 Å². The highest BCUT2D eigenvalue weighted by atomic mass is 32.2. The van der Waals surface area contributed by atoms with E-state index in [1.807, 2.05) is 13.8 Å². The third kappa shape index (κ3) is 4.06. The lowest BCUT2D eigenvalue weighted by Gasteiger charge is -2.17. The molecule has 1 saturated heterocycles. The zero-order valence-electron chi connectivity index (χ0n) is 14.7. The molecule has 0 aliphatic carbocycles. The molecular weight excluding hydrogens is 377 g/mol. The van der Waals surface area contributed by atoms with E-state index < -0.39 is 33.5 Å². The maximum Gasteiger partial charge on any atom is 0.338 e. The molecule has 0 radical (unpaired) electrons. The number of ether oxygens (including phenoxy) is 1. The maximum atomic E-state index is 13.5. The monoisotopic (exact) mass is 395 g/mol. The lowest BCUT2D eigenvalue weighted by atomic mass is 10.2. The van der Waals surface area contributed by atoms with Gasteiger partial charge >= 0.3 is 12.0 Å². The summed E-state index contributed by atoms with van der Waals surface area (Å²) in [7, 11) is -3.97. The summed E-state index contributed by atoms with van der Waals surface area (Å²) >= 11 is 0. The molecule has 1 N–H and O–H groups in total. The first kappa shape index (κ1) is 19.2. The highest BCUT2D eigenvalue weighted by Crippen LogP contribution is 2.25. The van der Waals surface area contributed by atoms with E-state index in [4.69, 9.17) is 9.84 Å². The minimum Gasteiger partial charge on any atom is -0.478 e. The highest BCUT2D eigenvalue weighted by molar-refractivity contribution is 7.89. The van der Waals surface area contributed by atoms with Gasteiger partial charge in [-0.3, -0.25) is 0 Å². The zero-order valence-corrected chi connectivity index (χ0v) is 15.5. The van der Waals surface area contributed by atoms with E-state index in [9.17, 15) is 17.6 Å². The Morgan fingerprint density at radius 3 is 2.56 bits per heavy atom. The molecule has 0 unspecified atom stereocenters. The van der Waals surface area contributed by atoms with Crippen molar-refractivity contribution in [2.75, 3.05) is 13.1 Å². The summed E-state index contributed by atoms with van der Waals surface area (Å²) in [6, 6.07) is 4.70. The lowest BCUT2D eigenvalue weighted by molar-refractivity contribution is 0.0691. The Balaban J connectivity index is 1.77. The standard InChI is InChI=1S/C17H18FN3O5S/c1-10-7-11(2)20-17(19-10)26-12-5-6-21(9-12)27(24,25)13-3-4-15(18)14(8-13)16(22)23/h3-4,7-8,12H,5-6,9H2,1-2H3,(H,22,23)/t12-/m0/s1. The number of nitrogens with zero attached hydrogens (tertiary/aromatic N) is 3. The number of sulfonamides is 1. The van der Waals surface area contributed by atoms with E-state index >= 15 is 0 Å². The largest absolute Gasteiger partial charge is 0.478 e. The normalized spacial score (nSPS) is 17.8.